The molecule has 3 rings (SSSR count). The average molecular weight is 515 g/mol. The van der Waals surface area contributed by atoms with Gasteiger partial charge in [-0.15, -0.1) is 10.2 Å². The van der Waals surface area contributed by atoms with Crippen LogP contribution in [0.15, 0.2) is 75.4 Å². The number of non-ortho nitro benzene ring substituents is 1. The van der Waals surface area contributed by atoms with E-state index in [1.807, 2.05) is 35.8 Å². The molecule has 9 nitrogen and oxygen atoms in total. The second kappa shape index (κ2) is 10.8. The van der Waals surface area contributed by atoms with Crippen LogP contribution < -0.4 is 5.43 Å². The van der Waals surface area contributed by atoms with Gasteiger partial charge in [0, 0.05) is 34.3 Å². The fourth-order valence-electron chi connectivity index (χ4n) is 2.68. The van der Waals surface area contributed by atoms with Gasteiger partial charge in [-0.2, -0.15) is 5.10 Å². The summed E-state index contributed by atoms with van der Waals surface area (Å²) in [6.45, 7) is 6.40. The number of carbonyl (C=O) groups is 1. The molecule has 0 atom stereocenters. The SMILES string of the molecule is C=C(C)Cn1c(SCC(=O)NN=Cc2cccc([N+](=O)[O-])c2)nnc1-c1ccc(Br)cc1. The number of carbonyl (C=O) groups excluding carboxylic acids is 1. The van der Waals surface area contributed by atoms with Crippen molar-refractivity contribution >= 4 is 45.5 Å². The Balaban J connectivity index is 1.65. The molecule has 0 saturated heterocycles. The Morgan fingerprint density at radius 3 is 2.75 bits per heavy atom. The predicted octanol–water partition coefficient (Wildman–Crippen LogP) is 4.43. The normalized spacial score (nSPS) is 10.9. The van der Waals surface area contributed by atoms with E-state index in [9.17, 15) is 14.9 Å². The van der Waals surface area contributed by atoms with Crippen LogP contribution in [0, 0.1) is 10.1 Å². The van der Waals surface area contributed by atoms with Crippen molar-refractivity contribution in [3.05, 3.63) is 80.8 Å². The number of allylic oxidation sites excluding steroid dienone is 1. The highest BCUT2D eigenvalue weighted by Crippen LogP contribution is 2.26. The molecule has 0 spiro atoms. The van der Waals surface area contributed by atoms with Gasteiger partial charge in [0.05, 0.1) is 16.9 Å². The molecule has 1 amide bonds. The second-order valence-electron chi connectivity index (χ2n) is 6.79. The molecule has 0 saturated carbocycles. The predicted molar refractivity (Wildman–Crippen MR) is 128 cm³/mol. The minimum absolute atomic E-state index is 0.0470. The third kappa shape index (κ3) is 6.34. The number of hydrazone groups is 1. The van der Waals surface area contributed by atoms with Crippen molar-refractivity contribution in [1.82, 2.24) is 20.2 Å². The first-order valence-electron chi connectivity index (χ1n) is 9.36. The van der Waals surface area contributed by atoms with Crippen LogP contribution in [-0.2, 0) is 11.3 Å². The van der Waals surface area contributed by atoms with Crippen molar-refractivity contribution in [2.45, 2.75) is 18.6 Å². The van der Waals surface area contributed by atoms with Gasteiger partial charge < -0.3 is 0 Å². The van der Waals surface area contributed by atoms with Gasteiger partial charge in [0.15, 0.2) is 11.0 Å². The van der Waals surface area contributed by atoms with E-state index in [0.717, 1.165) is 15.6 Å². The highest BCUT2D eigenvalue weighted by Gasteiger charge is 2.16. The van der Waals surface area contributed by atoms with Crippen LogP contribution in [0.3, 0.4) is 0 Å². The third-order valence-corrected chi connectivity index (χ3v) is 5.56. The summed E-state index contributed by atoms with van der Waals surface area (Å²) in [5.41, 5.74) is 4.70. The molecule has 164 valence electrons. The topological polar surface area (TPSA) is 115 Å². The Hall–Kier alpha value is -3.31. The molecule has 0 aliphatic heterocycles. The summed E-state index contributed by atoms with van der Waals surface area (Å²) in [6, 6.07) is 13.7. The van der Waals surface area contributed by atoms with Gasteiger partial charge in [0.25, 0.3) is 11.6 Å². The molecular weight excluding hydrogens is 496 g/mol. The van der Waals surface area contributed by atoms with Crippen molar-refractivity contribution in [2.75, 3.05) is 5.75 Å². The zero-order valence-corrected chi connectivity index (χ0v) is 19.5. The lowest BCUT2D eigenvalue weighted by Crippen LogP contribution is -2.20. The first-order chi connectivity index (χ1) is 15.3. The standard InChI is InChI=1S/C21H19BrN6O3S/c1-14(2)12-27-20(16-6-8-17(22)9-7-16)25-26-21(27)32-13-19(29)24-23-11-15-4-3-5-18(10-15)28(30)31/h3-11H,1,12-13H2,2H3,(H,24,29). The van der Waals surface area contributed by atoms with Gasteiger partial charge in [0.1, 0.15) is 0 Å². The monoisotopic (exact) mass is 514 g/mol. The van der Waals surface area contributed by atoms with Crippen LogP contribution in [0.1, 0.15) is 12.5 Å². The smallest absolute Gasteiger partial charge is 0.270 e. The van der Waals surface area contributed by atoms with E-state index in [1.165, 1.54) is 30.1 Å². The van der Waals surface area contributed by atoms with Crippen LogP contribution in [0.2, 0.25) is 0 Å². The van der Waals surface area contributed by atoms with Gasteiger partial charge in [-0.25, -0.2) is 5.43 Å². The molecule has 2 aromatic carbocycles. The number of amides is 1. The highest BCUT2D eigenvalue weighted by atomic mass is 79.9. The first-order valence-corrected chi connectivity index (χ1v) is 11.1. The molecular formula is C21H19BrN6O3S. The summed E-state index contributed by atoms with van der Waals surface area (Å²) in [6.07, 6.45) is 1.35. The van der Waals surface area contributed by atoms with Crippen LogP contribution in [-0.4, -0.2) is 37.6 Å². The number of rotatable bonds is 9. The third-order valence-electron chi connectivity index (χ3n) is 4.06. The zero-order chi connectivity index (χ0) is 23.1. The number of halogens is 1. The molecule has 0 aliphatic rings. The van der Waals surface area contributed by atoms with Crippen molar-refractivity contribution in [3.8, 4) is 11.4 Å². The molecule has 0 fully saturated rings. The lowest BCUT2D eigenvalue weighted by atomic mass is 10.2. The number of nitrogens with one attached hydrogen (secondary N) is 1. The highest BCUT2D eigenvalue weighted by molar-refractivity contribution is 9.10. The number of thioether (sulfide) groups is 1. The van der Waals surface area contributed by atoms with Gasteiger partial charge in [0.2, 0.25) is 0 Å². The van der Waals surface area contributed by atoms with Crippen molar-refractivity contribution in [2.24, 2.45) is 5.10 Å². The summed E-state index contributed by atoms with van der Waals surface area (Å²) < 4.78 is 2.87. The van der Waals surface area contributed by atoms with Crippen molar-refractivity contribution in [1.29, 1.82) is 0 Å². The molecule has 32 heavy (non-hydrogen) atoms. The quantitative estimate of drug-likeness (QED) is 0.148. The molecule has 11 heteroatoms. The van der Waals surface area contributed by atoms with Gasteiger partial charge >= 0.3 is 0 Å². The molecule has 3 aromatic rings. The van der Waals surface area contributed by atoms with Gasteiger partial charge in [-0.05, 0) is 19.1 Å². The van der Waals surface area contributed by atoms with E-state index in [1.54, 1.807) is 12.1 Å². The minimum atomic E-state index is -0.490. The lowest BCUT2D eigenvalue weighted by molar-refractivity contribution is -0.384. The van der Waals surface area contributed by atoms with Gasteiger partial charge in [-0.3, -0.25) is 19.5 Å². The van der Waals surface area contributed by atoms with E-state index in [-0.39, 0.29) is 17.3 Å². The number of hydrogen-bond acceptors (Lipinski definition) is 7. The number of nitro groups is 1. The maximum absolute atomic E-state index is 12.2. The van der Waals surface area contributed by atoms with Crippen molar-refractivity contribution < 1.29 is 9.72 Å². The number of aromatic nitrogens is 3. The largest absolute Gasteiger partial charge is 0.298 e. The summed E-state index contributed by atoms with van der Waals surface area (Å²) >= 11 is 4.65. The minimum Gasteiger partial charge on any atom is -0.298 e. The van der Waals surface area contributed by atoms with E-state index >= 15 is 0 Å². The number of nitrogens with zero attached hydrogens (tertiary/aromatic N) is 5. The summed E-state index contributed by atoms with van der Waals surface area (Å²) in [5, 5.41) is 23.8. The number of hydrogen-bond donors (Lipinski definition) is 1. The summed E-state index contributed by atoms with van der Waals surface area (Å²) in [4.78, 5) is 22.5. The Labute approximate surface area is 196 Å². The lowest BCUT2D eigenvalue weighted by Gasteiger charge is -2.10. The maximum Gasteiger partial charge on any atom is 0.270 e. The molecule has 0 bridgehead atoms. The molecule has 1 aromatic heterocycles. The molecule has 0 unspecified atom stereocenters. The van der Waals surface area contributed by atoms with Crippen molar-refractivity contribution in [3.63, 3.8) is 0 Å². The van der Waals surface area contributed by atoms with E-state index in [4.69, 9.17) is 0 Å². The Kier molecular flexibility index (Phi) is 7.90. The first kappa shape index (κ1) is 23.4. The molecule has 1 heterocycles. The molecule has 0 radical (unpaired) electrons. The fraction of sp³-hybridized carbons (Fsp3) is 0.143. The summed E-state index contributed by atoms with van der Waals surface area (Å²) in [5.74, 6) is 0.417. The molecule has 0 aliphatic carbocycles. The van der Waals surface area contributed by atoms with Gasteiger partial charge in [-0.1, -0.05) is 64.1 Å². The molecule has 1 N–H and O–H groups in total. The second-order valence-corrected chi connectivity index (χ2v) is 8.65. The van der Waals surface area contributed by atoms with Crippen LogP contribution in [0.4, 0.5) is 5.69 Å². The fourth-order valence-corrected chi connectivity index (χ4v) is 3.67. The summed E-state index contributed by atoms with van der Waals surface area (Å²) in [7, 11) is 0. The Bertz CT molecular complexity index is 1180. The van der Waals surface area contributed by atoms with Crippen LogP contribution in [0.5, 0.6) is 0 Å². The maximum atomic E-state index is 12.2. The zero-order valence-electron chi connectivity index (χ0n) is 17.1. The Morgan fingerprint density at radius 2 is 2.06 bits per heavy atom. The average Bonchev–Trinajstić information content (AvgIpc) is 3.14. The van der Waals surface area contributed by atoms with E-state index in [2.05, 4.69) is 43.2 Å². The van der Waals surface area contributed by atoms with Crippen LogP contribution in [0.25, 0.3) is 11.4 Å². The van der Waals surface area contributed by atoms with E-state index < -0.39 is 4.92 Å². The van der Waals surface area contributed by atoms with Crippen LogP contribution >= 0.6 is 27.7 Å². The van der Waals surface area contributed by atoms with E-state index in [0.29, 0.717) is 23.1 Å². The number of benzene rings is 2. The number of nitro benzene ring substituents is 1. The Morgan fingerprint density at radius 1 is 1.31 bits per heavy atom.